The Labute approximate surface area is 224 Å². The number of benzene rings is 3. The van der Waals surface area contributed by atoms with E-state index in [-0.39, 0.29) is 37.0 Å². The molecule has 0 aliphatic carbocycles. The van der Waals surface area contributed by atoms with E-state index in [1.165, 1.54) is 6.07 Å². The van der Waals surface area contributed by atoms with E-state index < -0.39 is 29.7 Å². The van der Waals surface area contributed by atoms with Gasteiger partial charge < -0.3 is 19.3 Å². The van der Waals surface area contributed by atoms with E-state index >= 15 is 0 Å². The molecule has 0 bridgehead atoms. The van der Waals surface area contributed by atoms with Crippen molar-refractivity contribution in [3.05, 3.63) is 94.5 Å². The number of halogens is 4. The molecule has 0 aromatic heterocycles. The number of ether oxygens (including phenoxy) is 3. The Morgan fingerprint density at radius 3 is 2.29 bits per heavy atom. The van der Waals surface area contributed by atoms with Crippen LogP contribution in [-0.4, -0.2) is 30.4 Å². The van der Waals surface area contributed by atoms with E-state index in [4.69, 9.17) is 30.9 Å². The van der Waals surface area contributed by atoms with Gasteiger partial charge in [-0.05, 0) is 48.4 Å². The fraction of sp³-hybridized carbons (Fsp3) is 0.276. The maximum Gasteiger partial charge on any atom is 0.416 e. The van der Waals surface area contributed by atoms with Crippen molar-refractivity contribution in [1.82, 2.24) is 0 Å². The second-order valence-electron chi connectivity index (χ2n) is 8.30. The molecule has 0 saturated carbocycles. The fourth-order valence-corrected chi connectivity index (χ4v) is 3.73. The van der Waals surface area contributed by atoms with Crippen LogP contribution in [0.3, 0.4) is 0 Å². The standard InChI is InChI=1S/C29H26ClF3O5/c1-2-6-22(15-28(34)35)21-9-12-24(13-10-21)37-18-25(36-17-20-7-4-3-5-8-20)19-38-27-14-11-23(16-26(27)30)29(31,32)33/h3-5,7-14,16,22,25H,15,17-19H2,1H3,(H,34,35). The number of rotatable bonds is 12. The topological polar surface area (TPSA) is 65.0 Å². The summed E-state index contributed by atoms with van der Waals surface area (Å²) >= 11 is 6.02. The Bertz CT molecular complexity index is 1250. The van der Waals surface area contributed by atoms with Gasteiger partial charge in [-0.15, -0.1) is 5.92 Å². The van der Waals surface area contributed by atoms with Gasteiger partial charge in [0.1, 0.15) is 30.8 Å². The summed E-state index contributed by atoms with van der Waals surface area (Å²) in [6, 6.07) is 19.3. The van der Waals surface area contributed by atoms with Crippen LogP contribution in [0.2, 0.25) is 5.02 Å². The molecule has 1 N–H and O–H groups in total. The first-order valence-corrected chi connectivity index (χ1v) is 12.1. The monoisotopic (exact) mass is 546 g/mol. The van der Waals surface area contributed by atoms with Gasteiger partial charge in [0.05, 0.1) is 29.5 Å². The summed E-state index contributed by atoms with van der Waals surface area (Å²) in [5, 5.41) is 8.96. The third-order valence-electron chi connectivity index (χ3n) is 5.43. The summed E-state index contributed by atoms with van der Waals surface area (Å²) in [6.45, 7) is 1.98. The van der Waals surface area contributed by atoms with E-state index in [2.05, 4.69) is 11.8 Å². The zero-order valence-corrected chi connectivity index (χ0v) is 21.3. The zero-order chi connectivity index (χ0) is 27.5. The highest BCUT2D eigenvalue weighted by Crippen LogP contribution is 2.34. The number of carbonyl (C=O) groups is 1. The van der Waals surface area contributed by atoms with E-state index in [9.17, 15) is 18.0 Å². The lowest BCUT2D eigenvalue weighted by Crippen LogP contribution is -2.28. The Kier molecular flexibility index (Phi) is 10.5. The average Bonchev–Trinajstić information content (AvgIpc) is 2.88. The number of hydrogen-bond donors (Lipinski definition) is 1. The number of hydrogen-bond acceptors (Lipinski definition) is 4. The van der Waals surface area contributed by atoms with Crippen molar-refractivity contribution in [2.45, 2.75) is 38.1 Å². The van der Waals surface area contributed by atoms with Crippen LogP contribution in [0, 0.1) is 11.8 Å². The second-order valence-corrected chi connectivity index (χ2v) is 8.70. The Hall–Kier alpha value is -3.67. The Morgan fingerprint density at radius 1 is 1.00 bits per heavy atom. The highest BCUT2D eigenvalue weighted by atomic mass is 35.5. The Morgan fingerprint density at radius 2 is 1.68 bits per heavy atom. The molecule has 0 heterocycles. The Balaban J connectivity index is 1.66. The SMILES string of the molecule is CC#CC(CC(=O)O)c1ccc(OCC(COc2ccc(C(F)(F)F)cc2Cl)OCc2ccccc2)cc1. The molecule has 0 fully saturated rings. The van der Waals surface area contributed by atoms with Crippen molar-refractivity contribution in [3.8, 4) is 23.3 Å². The predicted molar refractivity (Wildman–Crippen MR) is 137 cm³/mol. The van der Waals surface area contributed by atoms with Crippen molar-refractivity contribution in [2.75, 3.05) is 13.2 Å². The van der Waals surface area contributed by atoms with Gasteiger partial charge in [-0.25, -0.2) is 0 Å². The van der Waals surface area contributed by atoms with Crippen LogP contribution in [0.15, 0.2) is 72.8 Å². The van der Waals surface area contributed by atoms with Crippen molar-refractivity contribution in [2.24, 2.45) is 0 Å². The third kappa shape index (κ3) is 9.02. The predicted octanol–water partition coefficient (Wildman–Crippen LogP) is 6.98. The van der Waals surface area contributed by atoms with Gasteiger partial charge in [0, 0.05) is 0 Å². The summed E-state index contributed by atoms with van der Waals surface area (Å²) in [4.78, 5) is 11.1. The average molecular weight is 547 g/mol. The summed E-state index contributed by atoms with van der Waals surface area (Å²) in [5.41, 5.74) is 0.816. The van der Waals surface area contributed by atoms with Crippen LogP contribution in [0.25, 0.3) is 0 Å². The van der Waals surface area contributed by atoms with Gasteiger partial charge in [-0.1, -0.05) is 60.0 Å². The van der Waals surface area contributed by atoms with Gasteiger partial charge in [0.25, 0.3) is 0 Å². The third-order valence-corrected chi connectivity index (χ3v) is 5.72. The van der Waals surface area contributed by atoms with E-state index in [1.54, 1.807) is 31.2 Å². The first-order valence-electron chi connectivity index (χ1n) is 11.7. The maximum absolute atomic E-state index is 12.9. The molecule has 3 aromatic carbocycles. The number of carboxylic acids is 1. The largest absolute Gasteiger partial charge is 0.491 e. The second kappa shape index (κ2) is 13.8. The van der Waals surface area contributed by atoms with Gasteiger partial charge in [-0.2, -0.15) is 13.2 Å². The molecule has 0 aliphatic heterocycles. The highest BCUT2D eigenvalue weighted by molar-refractivity contribution is 6.32. The molecule has 200 valence electrons. The van der Waals surface area contributed by atoms with Crippen LogP contribution in [-0.2, 0) is 22.3 Å². The van der Waals surface area contributed by atoms with Gasteiger partial charge in [-0.3, -0.25) is 4.79 Å². The molecular weight excluding hydrogens is 521 g/mol. The zero-order valence-electron chi connectivity index (χ0n) is 20.5. The van der Waals surface area contributed by atoms with Crippen LogP contribution in [0.5, 0.6) is 11.5 Å². The first kappa shape index (κ1) is 28.9. The van der Waals surface area contributed by atoms with E-state index in [0.717, 1.165) is 23.3 Å². The van der Waals surface area contributed by atoms with E-state index in [1.807, 2.05) is 30.3 Å². The molecule has 0 spiro atoms. The van der Waals surface area contributed by atoms with Gasteiger partial charge in [0.15, 0.2) is 0 Å². The molecule has 0 radical (unpaired) electrons. The van der Waals surface area contributed by atoms with Crippen molar-refractivity contribution in [1.29, 1.82) is 0 Å². The fourth-order valence-electron chi connectivity index (χ4n) is 3.50. The van der Waals surface area contributed by atoms with Crippen LogP contribution < -0.4 is 9.47 Å². The lowest BCUT2D eigenvalue weighted by molar-refractivity contribution is -0.138. The van der Waals surface area contributed by atoms with Crippen molar-refractivity contribution in [3.63, 3.8) is 0 Å². The summed E-state index contributed by atoms with van der Waals surface area (Å²) in [7, 11) is 0. The normalized spacial score (nSPS) is 12.7. The first-order chi connectivity index (χ1) is 18.2. The van der Waals surface area contributed by atoms with Crippen LogP contribution in [0.4, 0.5) is 13.2 Å². The highest BCUT2D eigenvalue weighted by Gasteiger charge is 2.31. The van der Waals surface area contributed by atoms with Crippen molar-refractivity contribution < 1.29 is 37.3 Å². The summed E-state index contributed by atoms with van der Waals surface area (Å²) in [6.07, 6.45) is -5.21. The quantitative estimate of drug-likeness (QED) is 0.248. The smallest absolute Gasteiger partial charge is 0.416 e. The minimum absolute atomic E-state index is 0.0250. The van der Waals surface area contributed by atoms with E-state index in [0.29, 0.717) is 5.75 Å². The molecule has 2 unspecified atom stereocenters. The summed E-state index contributed by atoms with van der Waals surface area (Å²) < 4.78 is 56.3. The van der Waals surface area contributed by atoms with Gasteiger partial charge >= 0.3 is 12.1 Å². The molecule has 0 amide bonds. The molecule has 0 aliphatic rings. The molecule has 5 nitrogen and oxygen atoms in total. The maximum atomic E-state index is 12.9. The summed E-state index contributed by atoms with van der Waals surface area (Å²) in [5.74, 6) is 4.90. The molecule has 0 saturated heterocycles. The van der Waals surface area contributed by atoms with Crippen LogP contribution in [0.1, 0.15) is 36.0 Å². The minimum atomic E-state index is -4.51. The van der Waals surface area contributed by atoms with Gasteiger partial charge in [0.2, 0.25) is 0 Å². The lowest BCUT2D eigenvalue weighted by atomic mass is 9.96. The number of aliphatic carboxylic acids is 1. The molecule has 3 rings (SSSR count). The minimum Gasteiger partial charge on any atom is -0.491 e. The number of carboxylic acid groups (broad SMARTS) is 1. The molecular formula is C29H26ClF3O5. The number of alkyl halides is 3. The lowest BCUT2D eigenvalue weighted by Gasteiger charge is -2.20. The molecule has 3 aromatic rings. The molecule has 9 heteroatoms. The molecule has 2 atom stereocenters. The van der Waals surface area contributed by atoms with Crippen LogP contribution >= 0.6 is 11.6 Å². The van der Waals surface area contributed by atoms with Crippen molar-refractivity contribution >= 4 is 17.6 Å². The molecule has 38 heavy (non-hydrogen) atoms.